The second kappa shape index (κ2) is 6.13. The molecule has 1 aliphatic rings. The predicted octanol–water partition coefficient (Wildman–Crippen LogP) is 2.33. The van der Waals surface area contributed by atoms with Crippen molar-refractivity contribution >= 4 is 5.97 Å². The minimum Gasteiger partial charge on any atom is -0.501 e. The molecular weight excluding hydrogens is 220 g/mol. The summed E-state index contributed by atoms with van der Waals surface area (Å²) in [4.78, 5) is 11.7. The molecule has 0 unspecified atom stereocenters. The molecule has 1 aliphatic carbocycles. The van der Waals surface area contributed by atoms with Crippen molar-refractivity contribution in [3.63, 3.8) is 0 Å². The van der Waals surface area contributed by atoms with Gasteiger partial charge in [0.05, 0.1) is 27.1 Å². The first kappa shape index (κ1) is 13.4. The number of ether oxygens (including phenoxy) is 3. The number of allylic oxidation sites excluding steroid dienone is 2. The highest BCUT2D eigenvalue weighted by atomic mass is 16.5. The molecule has 0 N–H and O–H groups in total. The number of methoxy groups -OCH3 is 3. The molecule has 94 valence electrons. The third-order valence-corrected chi connectivity index (χ3v) is 2.70. The quantitative estimate of drug-likeness (QED) is 0.708. The van der Waals surface area contributed by atoms with Gasteiger partial charge in [0, 0.05) is 12.8 Å². The van der Waals surface area contributed by atoms with E-state index in [1.807, 2.05) is 19.1 Å². The van der Waals surface area contributed by atoms with Crippen LogP contribution in [0.4, 0.5) is 0 Å². The third-order valence-electron chi connectivity index (χ3n) is 2.70. The molecule has 4 nitrogen and oxygen atoms in total. The van der Waals surface area contributed by atoms with Gasteiger partial charge in [-0.2, -0.15) is 0 Å². The molecule has 0 radical (unpaired) electrons. The van der Waals surface area contributed by atoms with E-state index >= 15 is 0 Å². The molecule has 0 heterocycles. The normalized spacial score (nSPS) is 23.8. The summed E-state index contributed by atoms with van der Waals surface area (Å²) in [7, 11) is 4.55. The van der Waals surface area contributed by atoms with Gasteiger partial charge < -0.3 is 14.2 Å². The molecule has 0 aromatic heterocycles. The second-order valence-corrected chi connectivity index (χ2v) is 3.66. The van der Waals surface area contributed by atoms with E-state index < -0.39 is 0 Å². The molecule has 0 bridgehead atoms. The molecule has 1 rings (SSSR count). The van der Waals surface area contributed by atoms with E-state index in [9.17, 15) is 4.79 Å². The topological polar surface area (TPSA) is 44.8 Å². The van der Waals surface area contributed by atoms with E-state index in [1.165, 1.54) is 7.11 Å². The number of hydrogen-bond donors (Lipinski definition) is 0. The first-order valence-corrected chi connectivity index (χ1v) is 5.39. The molecule has 0 amide bonds. The molecule has 0 saturated heterocycles. The highest BCUT2D eigenvalue weighted by Gasteiger charge is 2.20. The van der Waals surface area contributed by atoms with E-state index in [1.54, 1.807) is 14.2 Å². The Hall–Kier alpha value is -1.71. The summed E-state index contributed by atoms with van der Waals surface area (Å²) in [6.07, 6.45) is 5.03. The second-order valence-electron chi connectivity index (χ2n) is 3.66. The maximum Gasteiger partial charge on any atom is 0.341 e. The monoisotopic (exact) mass is 238 g/mol. The maximum absolute atomic E-state index is 11.7. The van der Waals surface area contributed by atoms with Crippen molar-refractivity contribution in [2.24, 2.45) is 0 Å². The van der Waals surface area contributed by atoms with Crippen LogP contribution < -0.4 is 0 Å². The molecular formula is C13H18O4. The Morgan fingerprint density at radius 3 is 2.35 bits per heavy atom. The van der Waals surface area contributed by atoms with Crippen molar-refractivity contribution < 1.29 is 19.0 Å². The smallest absolute Gasteiger partial charge is 0.341 e. The standard InChI is InChI=1S/C13H18O4/c1-9-5-6-10(15-2)7-8-11(16-3)12(9)13(14)17-4/h5,7H,6,8H2,1-4H3/b9-5?,10-7+,12-11-. The summed E-state index contributed by atoms with van der Waals surface area (Å²) in [5, 5.41) is 0. The van der Waals surface area contributed by atoms with E-state index in [0.29, 0.717) is 24.2 Å². The number of carbonyl (C=O) groups is 1. The Balaban J connectivity index is 3.19. The molecule has 0 saturated carbocycles. The lowest BCUT2D eigenvalue weighted by molar-refractivity contribution is -0.136. The lowest BCUT2D eigenvalue weighted by atomic mass is 10.0. The van der Waals surface area contributed by atoms with Crippen LogP contribution in [0.3, 0.4) is 0 Å². The Morgan fingerprint density at radius 1 is 1.12 bits per heavy atom. The van der Waals surface area contributed by atoms with Crippen LogP contribution in [0.25, 0.3) is 0 Å². The fourth-order valence-corrected chi connectivity index (χ4v) is 1.70. The molecule has 0 atom stereocenters. The van der Waals surface area contributed by atoms with Crippen molar-refractivity contribution in [2.75, 3.05) is 21.3 Å². The van der Waals surface area contributed by atoms with Gasteiger partial charge in [-0.3, -0.25) is 0 Å². The van der Waals surface area contributed by atoms with E-state index in [2.05, 4.69) is 0 Å². The van der Waals surface area contributed by atoms with Crippen LogP contribution in [-0.4, -0.2) is 27.3 Å². The zero-order chi connectivity index (χ0) is 12.8. The molecule has 0 spiro atoms. The lowest BCUT2D eigenvalue weighted by Gasteiger charge is -2.15. The molecule has 0 aliphatic heterocycles. The van der Waals surface area contributed by atoms with E-state index in [-0.39, 0.29) is 5.97 Å². The minimum absolute atomic E-state index is 0.370. The van der Waals surface area contributed by atoms with Gasteiger partial charge in [-0.15, -0.1) is 0 Å². The highest BCUT2D eigenvalue weighted by molar-refractivity contribution is 5.93. The first-order valence-electron chi connectivity index (χ1n) is 5.39. The molecule has 0 aromatic carbocycles. The number of hydrogen-bond acceptors (Lipinski definition) is 4. The summed E-state index contributed by atoms with van der Waals surface area (Å²) in [6.45, 7) is 1.86. The van der Waals surface area contributed by atoms with E-state index in [0.717, 1.165) is 11.3 Å². The van der Waals surface area contributed by atoms with Gasteiger partial charge in [0.15, 0.2) is 0 Å². The largest absolute Gasteiger partial charge is 0.501 e. The van der Waals surface area contributed by atoms with Crippen molar-refractivity contribution in [2.45, 2.75) is 19.8 Å². The zero-order valence-corrected chi connectivity index (χ0v) is 10.7. The van der Waals surface area contributed by atoms with Gasteiger partial charge in [-0.1, -0.05) is 6.08 Å². The highest BCUT2D eigenvalue weighted by Crippen LogP contribution is 2.24. The summed E-state index contributed by atoms with van der Waals surface area (Å²) < 4.78 is 15.2. The molecule has 17 heavy (non-hydrogen) atoms. The number of carbonyl (C=O) groups excluding carboxylic acids is 1. The van der Waals surface area contributed by atoms with Crippen LogP contribution in [0.2, 0.25) is 0 Å². The van der Waals surface area contributed by atoms with Crippen molar-refractivity contribution in [1.82, 2.24) is 0 Å². The first-order chi connectivity index (χ1) is 8.13. The summed E-state index contributed by atoms with van der Waals surface area (Å²) in [6, 6.07) is 0. The van der Waals surface area contributed by atoms with Gasteiger partial charge >= 0.3 is 5.97 Å². The third kappa shape index (κ3) is 3.12. The van der Waals surface area contributed by atoms with Crippen LogP contribution >= 0.6 is 0 Å². The Morgan fingerprint density at radius 2 is 1.82 bits per heavy atom. The van der Waals surface area contributed by atoms with Crippen molar-refractivity contribution in [3.05, 3.63) is 34.8 Å². The van der Waals surface area contributed by atoms with Crippen LogP contribution in [0, 0.1) is 0 Å². The van der Waals surface area contributed by atoms with Gasteiger partial charge in [0.1, 0.15) is 11.3 Å². The van der Waals surface area contributed by atoms with Crippen LogP contribution in [0.15, 0.2) is 34.8 Å². The predicted molar refractivity (Wildman–Crippen MR) is 64.1 cm³/mol. The average Bonchev–Trinajstić information content (AvgIpc) is 2.33. The van der Waals surface area contributed by atoms with Gasteiger partial charge in [0.25, 0.3) is 0 Å². The summed E-state index contributed by atoms with van der Waals surface area (Å²) >= 11 is 0. The van der Waals surface area contributed by atoms with Gasteiger partial charge in [0.2, 0.25) is 0 Å². The molecule has 4 heteroatoms. The summed E-state index contributed by atoms with van der Waals surface area (Å²) in [5.41, 5.74) is 1.35. The van der Waals surface area contributed by atoms with E-state index in [4.69, 9.17) is 14.2 Å². The van der Waals surface area contributed by atoms with Crippen LogP contribution in [0.1, 0.15) is 19.8 Å². The summed E-state index contributed by atoms with van der Waals surface area (Å²) in [5.74, 6) is 1.09. The Labute approximate surface area is 102 Å². The lowest BCUT2D eigenvalue weighted by Crippen LogP contribution is -2.11. The molecule has 0 aromatic rings. The van der Waals surface area contributed by atoms with Gasteiger partial charge in [-0.25, -0.2) is 4.79 Å². The van der Waals surface area contributed by atoms with Gasteiger partial charge in [-0.05, 0) is 18.6 Å². The zero-order valence-electron chi connectivity index (χ0n) is 10.7. The molecule has 0 fully saturated rings. The fraction of sp³-hybridized carbons (Fsp3) is 0.462. The number of rotatable bonds is 3. The number of esters is 1. The van der Waals surface area contributed by atoms with Crippen LogP contribution in [-0.2, 0) is 19.0 Å². The fourth-order valence-electron chi connectivity index (χ4n) is 1.70. The van der Waals surface area contributed by atoms with Crippen molar-refractivity contribution in [3.8, 4) is 0 Å². The average molecular weight is 238 g/mol. The van der Waals surface area contributed by atoms with Crippen LogP contribution in [0.5, 0.6) is 0 Å². The van der Waals surface area contributed by atoms with Crippen molar-refractivity contribution in [1.29, 1.82) is 0 Å². The Kier molecular flexibility index (Phi) is 4.82. The minimum atomic E-state index is -0.370. The SMILES string of the molecule is COC(=O)/C1=C(\OC)C/C=C(/OC)CC=C1C. The maximum atomic E-state index is 11.7. The Bertz CT molecular complexity index is 388.